The minimum Gasteiger partial charge on any atom is -0.369 e. The Hall–Kier alpha value is -1.75. The fourth-order valence-electron chi connectivity index (χ4n) is 1.83. The number of pyridine rings is 1. The van der Waals surface area contributed by atoms with Crippen molar-refractivity contribution in [3.05, 3.63) is 24.5 Å². The molecule has 0 atom stereocenters. The SMILES string of the molecule is CCN(CC)CCNc1ccc2nccnc2n1. The zero-order valence-corrected chi connectivity index (χ0v) is 10.9. The summed E-state index contributed by atoms with van der Waals surface area (Å²) in [5.74, 6) is 0.857. The molecule has 1 N–H and O–H groups in total. The average Bonchev–Trinajstić information content (AvgIpc) is 2.43. The Morgan fingerprint density at radius 1 is 1.11 bits per heavy atom. The van der Waals surface area contributed by atoms with Crippen LogP contribution in [0.15, 0.2) is 24.5 Å². The first-order chi connectivity index (χ1) is 8.83. The molecule has 0 saturated carbocycles. The minimum atomic E-state index is 0.685. The maximum atomic E-state index is 4.42. The molecular formula is C13H19N5. The van der Waals surface area contributed by atoms with Gasteiger partial charge in [0.2, 0.25) is 0 Å². The first-order valence-corrected chi connectivity index (χ1v) is 6.37. The van der Waals surface area contributed by atoms with E-state index in [9.17, 15) is 0 Å². The van der Waals surface area contributed by atoms with Crippen LogP contribution < -0.4 is 5.32 Å². The van der Waals surface area contributed by atoms with Gasteiger partial charge in [-0.05, 0) is 25.2 Å². The highest BCUT2D eigenvalue weighted by Crippen LogP contribution is 2.09. The van der Waals surface area contributed by atoms with E-state index in [1.807, 2.05) is 12.1 Å². The third kappa shape index (κ3) is 3.13. The van der Waals surface area contributed by atoms with Gasteiger partial charge in [-0.25, -0.2) is 9.97 Å². The van der Waals surface area contributed by atoms with E-state index in [0.29, 0.717) is 5.65 Å². The number of likely N-dealkylation sites (N-methyl/N-ethyl adjacent to an activating group) is 1. The number of hydrogen-bond acceptors (Lipinski definition) is 5. The summed E-state index contributed by atoms with van der Waals surface area (Å²) >= 11 is 0. The molecule has 0 unspecified atom stereocenters. The van der Waals surface area contributed by atoms with Crippen molar-refractivity contribution in [2.45, 2.75) is 13.8 Å². The molecule has 0 aliphatic rings. The van der Waals surface area contributed by atoms with Crippen molar-refractivity contribution in [1.29, 1.82) is 0 Å². The number of fused-ring (bicyclic) bond motifs is 1. The summed E-state index contributed by atoms with van der Waals surface area (Å²) in [6.45, 7) is 8.41. The van der Waals surface area contributed by atoms with Crippen LogP contribution in [0.5, 0.6) is 0 Å². The van der Waals surface area contributed by atoms with Gasteiger partial charge >= 0.3 is 0 Å². The van der Waals surface area contributed by atoms with E-state index in [2.05, 4.69) is 39.0 Å². The summed E-state index contributed by atoms with van der Waals surface area (Å²) in [6.07, 6.45) is 3.34. The van der Waals surface area contributed by atoms with E-state index in [-0.39, 0.29) is 0 Å². The van der Waals surface area contributed by atoms with Crippen molar-refractivity contribution in [2.24, 2.45) is 0 Å². The lowest BCUT2D eigenvalue weighted by Crippen LogP contribution is -2.28. The van der Waals surface area contributed by atoms with Gasteiger partial charge in [-0.15, -0.1) is 0 Å². The van der Waals surface area contributed by atoms with Gasteiger partial charge in [0, 0.05) is 25.5 Å². The van der Waals surface area contributed by atoms with Gasteiger partial charge in [0.15, 0.2) is 5.65 Å². The van der Waals surface area contributed by atoms with Crippen LogP contribution in [-0.2, 0) is 0 Å². The lowest BCUT2D eigenvalue weighted by atomic mass is 10.4. The normalized spacial score (nSPS) is 11.1. The van der Waals surface area contributed by atoms with Crippen LogP contribution in [0.4, 0.5) is 5.82 Å². The Bertz CT molecular complexity index is 495. The number of hydrogen-bond donors (Lipinski definition) is 1. The van der Waals surface area contributed by atoms with E-state index in [0.717, 1.165) is 37.5 Å². The highest BCUT2D eigenvalue weighted by atomic mass is 15.1. The highest BCUT2D eigenvalue weighted by Gasteiger charge is 2.01. The van der Waals surface area contributed by atoms with Crippen molar-refractivity contribution in [2.75, 3.05) is 31.5 Å². The molecule has 5 nitrogen and oxygen atoms in total. The molecule has 2 rings (SSSR count). The second-order valence-electron chi connectivity index (χ2n) is 4.05. The molecule has 2 aromatic heterocycles. The van der Waals surface area contributed by atoms with Crippen LogP contribution in [0.25, 0.3) is 11.2 Å². The molecule has 0 radical (unpaired) electrons. The van der Waals surface area contributed by atoms with E-state index < -0.39 is 0 Å². The molecule has 0 aliphatic carbocycles. The lowest BCUT2D eigenvalue weighted by Gasteiger charge is -2.18. The Morgan fingerprint density at radius 3 is 2.67 bits per heavy atom. The Labute approximate surface area is 107 Å². The fourth-order valence-corrected chi connectivity index (χ4v) is 1.83. The van der Waals surface area contributed by atoms with E-state index in [1.165, 1.54) is 0 Å². The summed E-state index contributed by atoms with van der Waals surface area (Å²) in [5.41, 5.74) is 1.51. The smallest absolute Gasteiger partial charge is 0.180 e. The molecule has 18 heavy (non-hydrogen) atoms. The average molecular weight is 245 g/mol. The number of rotatable bonds is 6. The summed E-state index contributed by atoms with van der Waals surface area (Å²) in [7, 11) is 0. The van der Waals surface area contributed by atoms with Crippen molar-refractivity contribution in [3.8, 4) is 0 Å². The lowest BCUT2D eigenvalue weighted by molar-refractivity contribution is 0.316. The molecule has 0 aromatic carbocycles. The Balaban J connectivity index is 1.95. The predicted molar refractivity (Wildman–Crippen MR) is 73.6 cm³/mol. The third-order valence-corrected chi connectivity index (χ3v) is 2.96. The Morgan fingerprint density at radius 2 is 1.89 bits per heavy atom. The van der Waals surface area contributed by atoms with Gasteiger partial charge < -0.3 is 10.2 Å². The fraction of sp³-hybridized carbons (Fsp3) is 0.462. The molecule has 0 aliphatic heterocycles. The van der Waals surface area contributed by atoms with E-state index >= 15 is 0 Å². The largest absolute Gasteiger partial charge is 0.369 e. The van der Waals surface area contributed by atoms with Crippen molar-refractivity contribution in [3.63, 3.8) is 0 Å². The first-order valence-electron chi connectivity index (χ1n) is 6.37. The molecular weight excluding hydrogens is 226 g/mol. The molecule has 0 spiro atoms. The minimum absolute atomic E-state index is 0.685. The zero-order chi connectivity index (χ0) is 12.8. The summed E-state index contributed by atoms with van der Waals surface area (Å²) < 4.78 is 0. The van der Waals surface area contributed by atoms with Crippen molar-refractivity contribution in [1.82, 2.24) is 19.9 Å². The topological polar surface area (TPSA) is 53.9 Å². The third-order valence-electron chi connectivity index (χ3n) is 2.96. The Kier molecular flexibility index (Phi) is 4.41. The number of anilines is 1. The van der Waals surface area contributed by atoms with Crippen LogP contribution in [-0.4, -0.2) is 46.0 Å². The molecule has 0 fully saturated rings. The van der Waals surface area contributed by atoms with E-state index in [1.54, 1.807) is 12.4 Å². The summed E-state index contributed by atoms with van der Waals surface area (Å²) in [6, 6.07) is 3.88. The monoisotopic (exact) mass is 245 g/mol. The second kappa shape index (κ2) is 6.26. The van der Waals surface area contributed by atoms with Gasteiger partial charge in [-0.2, -0.15) is 0 Å². The number of nitrogens with zero attached hydrogens (tertiary/aromatic N) is 4. The van der Waals surface area contributed by atoms with Crippen LogP contribution in [0.2, 0.25) is 0 Å². The zero-order valence-electron chi connectivity index (χ0n) is 10.9. The molecule has 96 valence electrons. The predicted octanol–water partition coefficient (Wildman–Crippen LogP) is 1.78. The molecule has 5 heteroatoms. The standard InChI is InChI=1S/C13H19N5/c1-3-18(4-2)10-9-15-12-6-5-11-13(17-12)16-8-7-14-11/h5-8H,3-4,9-10H2,1-2H3,(H,15,16,17). The summed E-state index contributed by atoms with van der Waals surface area (Å²) in [4.78, 5) is 15.2. The van der Waals surface area contributed by atoms with Crippen molar-refractivity contribution < 1.29 is 0 Å². The van der Waals surface area contributed by atoms with Crippen LogP contribution in [0.3, 0.4) is 0 Å². The van der Waals surface area contributed by atoms with Crippen LogP contribution >= 0.6 is 0 Å². The number of nitrogens with one attached hydrogen (secondary N) is 1. The number of aromatic nitrogens is 3. The van der Waals surface area contributed by atoms with Gasteiger partial charge in [0.25, 0.3) is 0 Å². The van der Waals surface area contributed by atoms with E-state index in [4.69, 9.17) is 0 Å². The molecule has 2 heterocycles. The van der Waals surface area contributed by atoms with Gasteiger partial charge in [0.05, 0.1) is 0 Å². The maximum absolute atomic E-state index is 4.42. The van der Waals surface area contributed by atoms with Gasteiger partial charge in [-0.3, -0.25) is 4.98 Å². The highest BCUT2D eigenvalue weighted by molar-refractivity contribution is 5.71. The van der Waals surface area contributed by atoms with Gasteiger partial charge in [0.1, 0.15) is 11.3 Å². The quantitative estimate of drug-likeness (QED) is 0.840. The second-order valence-corrected chi connectivity index (χ2v) is 4.05. The maximum Gasteiger partial charge on any atom is 0.180 e. The van der Waals surface area contributed by atoms with Crippen LogP contribution in [0, 0.1) is 0 Å². The first kappa shape index (κ1) is 12.7. The molecule has 0 amide bonds. The molecule has 0 saturated heterocycles. The molecule has 0 bridgehead atoms. The van der Waals surface area contributed by atoms with Crippen molar-refractivity contribution >= 4 is 17.0 Å². The molecule has 2 aromatic rings. The van der Waals surface area contributed by atoms with Gasteiger partial charge in [-0.1, -0.05) is 13.8 Å². The summed E-state index contributed by atoms with van der Waals surface area (Å²) in [5, 5.41) is 3.32. The van der Waals surface area contributed by atoms with Crippen LogP contribution in [0.1, 0.15) is 13.8 Å².